The minimum Gasteiger partial charge on any atom is -0.505 e. The number of aryl methyl sites for hydroxylation is 2. The molecule has 0 amide bonds. The lowest BCUT2D eigenvalue weighted by atomic mass is 10.1. The molecule has 6 heteroatoms. The smallest absolute Gasteiger partial charge is 0.357 e. The van der Waals surface area contributed by atoms with Gasteiger partial charge in [0.1, 0.15) is 11.8 Å². The molecule has 3 N–H and O–H groups in total. The van der Waals surface area contributed by atoms with Crippen LogP contribution in [-0.2, 0) is 4.74 Å². The molecular formula is C15H15N3O3. The molecule has 0 atom stereocenters. The van der Waals surface area contributed by atoms with Gasteiger partial charge in [0.2, 0.25) is 0 Å². The molecule has 1 aromatic heterocycles. The predicted octanol–water partition coefficient (Wildman–Crippen LogP) is 2.04. The van der Waals surface area contributed by atoms with Gasteiger partial charge >= 0.3 is 5.97 Å². The first kappa shape index (κ1) is 14.5. The zero-order valence-electron chi connectivity index (χ0n) is 12.0. The summed E-state index contributed by atoms with van der Waals surface area (Å²) in [6.07, 6.45) is 1.41. The third-order valence-corrected chi connectivity index (χ3v) is 3.23. The Bertz CT molecular complexity index is 769. The van der Waals surface area contributed by atoms with E-state index in [1.54, 1.807) is 13.0 Å². The van der Waals surface area contributed by atoms with E-state index in [-0.39, 0.29) is 22.7 Å². The summed E-state index contributed by atoms with van der Waals surface area (Å²) in [5.41, 5.74) is 7.97. The summed E-state index contributed by atoms with van der Waals surface area (Å²) in [4.78, 5) is 11.9. The number of nitrogen functional groups attached to an aromatic ring is 1. The van der Waals surface area contributed by atoms with Gasteiger partial charge in [-0.3, -0.25) is 0 Å². The van der Waals surface area contributed by atoms with Gasteiger partial charge < -0.3 is 20.1 Å². The number of aromatic hydroxyl groups is 1. The van der Waals surface area contributed by atoms with E-state index in [0.717, 1.165) is 5.56 Å². The van der Waals surface area contributed by atoms with Crippen molar-refractivity contribution in [2.75, 3.05) is 12.8 Å². The van der Waals surface area contributed by atoms with E-state index < -0.39 is 5.97 Å². The van der Waals surface area contributed by atoms with Crippen molar-refractivity contribution in [3.63, 3.8) is 0 Å². The molecule has 0 aliphatic rings. The van der Waals surface area contributed by atoms with Crippen LogP contribution in [0.3, 0.4) is 0 Å². The van der Waals surface area contributed by atoms with E-state index in [1.807, 2.05) is 19.1 Å². The van der Waals surface area contributed by atoms with Gasteiger partial charge in [-0.15, -0.1) is 0 Å². The molecule has 0 saturated heterocycles. The zero-order valence-corrected chi connectivity index (χ0v) is 12.0. The van der Waals surface area contributed by atoms with E-state index in [4.69, 9.17) is 15.7 Å². The number of nitriles is 1. The van der Waals surface area contributed by atoms with Crippen molar-refractivity contribution >= 4 is 11.7 Å². The van der Waals surface area contributed by atoms with Crippen LogP contribution in [0.15, 0.2) is 18.3 Å². The Labute approximate surface area is 122 Å². The van der Waals surface area contributed by atoms with E-state index >= 15 is 0 Å². The highest BCUT2D eigenvalue weighted by Gasteiger charge is 2.23. The number of phenolic OH excluding ortho intramolecular Hbond substituents is 1. The topological polar surface area (TPSA) is 101 Å². The summed E-state index contributed by atoms with van der Waals surface area (Å²) in [6, 6.07) is 5.44. The number of nitrogens with zero attached hydrogens (tertiary/aromatic N) is 2. The number of aromatic nitrogens is 1. The molecule has 1 heterocycles. The molecule has 0 unspecified atom stereocenters. The number of rotatable bonds is 2. The SMILES string of the molecule is COC(=O)c1c(N)c(C#N)cn1-c1cc(C)cc(C)c1O. The number of phenols is 1. The molecule has 21 heavy (non-hydrogen) atoms. The Morgan fingerprint density at radius 1 is 1.43 bits per heavy atom. The van der Waals surface area contributed by atoms with E-state index in [0.29, 0.717) is 11.3 Å². The Morgan fingerprint density at radius 3 is 2.67 bits per heavy atom. The van der Waals surface area contributed by atoms with Crippen molar-refractivity contribution in [2.45, 2.75) is 13.8 Å². The van der Waals surface area contributed by atoms with Crippen molar-refractivity contribution in [3.05, 3.63) is 40.7 Å². The van der Waals surface area contributed by atoms with Crippen LogP contribution in [0.4, 0.5) is 5.69 Å². The Hall–Kier alpha value is -2.94. The molecule has 108 valence electrons. The number of esters is 1. The van der Waals surface area contributed by atoms with Crippen molar-refractivity contribution in [1.29, 1.82) is 5.26 Å². The van der Waals surface area contributed by atoms with Crippen LogP contribution in [-0.4, -0.2) is 22.8 Å². The molecule has 2 rings (SSSR count). The molecule has 0 fully saturated rings. The highest BCUT2D eigenvalue weighted by molar-refractivity contribution is 5.96. The van der Waals surface area contributed by atoms with E-state index in [2.05, 4.69) is 0 Å². The number of anilines is 1. The lowest BCUT2D eigenvalue weighted by Gasteiger charge is -2.13. The molecule has 0 bridgehead atoms. The number of ether oxygens (including phenoxy) is 1. The Balaban J connectivity index is 2.82. The predicted molar refractivity (Wildman–Crippen MR) is 77.4 cm³/mol. The molecule has 6 nitrogen and oxygen atoms in total. The lowest BCUT2D eigenvalue weighted by Crippen LogP contribution is -2.11. The van der Waals surface area contributed by atoms with E-state index in [1.165, 1.54) is 17.9 Å². The summed E-state index contributed by atoms with van der Waals surface area (Å²) in [5, 5.41) is 19.3. The molecular weight excluding hydrogens is 270 g/mol. The number of methoxy groups -OCH3 is 1. The normalized spacial score (nSPS) is 10.2. The molecule has 0 aliphatic carbocycles. The molecule has 0 spiro atoms. The second-order valence-corrected chi connectivity index (χ2v) is 4.73. The fourth-order valence-electron chi connectivity index (χ4n) is 2.23. The summed E-state index contributed by atoms with van der Waals surface area (Å²) >= 11 is 0. The number of carbonyl (C=O) groups is 1. The molecule has 0 aliphatic heterocycles. The maximum absolute atomic E-state index is 11.9. The third-order valence-electron chi connectivity index (χ3n) is 3.23. The average molecular weight is 285 g/mol. The largest absolute Gasteiger partial charge is 0.505 e. The fraction of sp³-hybridized carbons (Fsp3) is 0.200. The molecule has 1 aromatic carbocycles. The number of benzene rings is 1. The lowest BCUT2D eigenvalue weighted by molar-refractivity contribution is 0.0593. The van der Waals surface area contributed by atoms with Crippen molar-refractivity contribution in [1.82, 2.24) is 4.57 Å². The van der Waals surface area contributed by atoms with Crippen molar-refractivity contribution < 1.29 is 14.6 Å². The highest BCUT2D eigenvalue weighted by atomic mass is 16.5. The number of carbonyl (C=O) groups excluding carboxylic acids is 1. The zero-order chi connectivity index (χ0) is 15.7. The summed E-state index contributed by atoms with van der Waals surface area (Å²) in [6.45, 7) is 3.62. The highest BCUT2D eigenvalue weighted by Crippen LogP contribution is 2.32. The third kappa shape index (κ3) is 2.30. The summed E-state index contributed by atoms with van der Waals surface area (Å²) < 4.78 is 6.09. The van der Waals surface area contributed by atoms with Crippen LogP contribution in [0, 0.1) is 25.2 Å². The van der Waals surface area contributed by atoms with Crippen LogP contribution >= 0.6 is 0 Å². The number of nitrogens with two attached hydrogens (primary N) is 1. The first-order valence-corrected chi connectivity index (χ1v) is 6.20. The quantitative estimate of drug-likeness (QED) is 0.822. The summed E-state index contributed by atoms with van der Waals surface area (Å²) in [7, 11) is 1.23. The maximum Gasteiger partial charge on any atom is 0.357 e. The van der Waals surface area contributed by atoms with Crippen LogP contribution in [0.1, 0.15) is 27.2 Å². The monoisotopic (exact) mass is 285 g/mol. The van der Waals surface area contributed by atoms with Crippen molar-refractivity contribution in [2.24, 2.45) is 0 Å². The minimum atomic E-state index is -0.674. The van der Waals surface area contributed by atoms with Gasteiger partial charge in [0.15, 0.2) is 5.69 Å². The first-order chi connectivity index (χ1) is 9.90. The van der Waals surface area contributed by atoms with Gasteiger partial charge in [-0.2, -0.15) is 5.26 Å². The Kier molecular flexibility index (Phi) is 3.59. The minimum absolute atomic E-state index is 0.0187. The first-order valence-electron chi connectivity index (χ1n) is 6.20. The van der Waals surface area contributed by atoms with Crippen LogP contribution in [0.25, 0.3) is 5.69 Å². The second kappa shape index (κ2) is 5.21. The standard InChI is InChI=1S/C15H15N3O3/c1-8-4-9(2)14(19)11(5-8)18-7-10(6-16)12(17)13(18)15(20)21-3/h4-5,7,19H,17H2,1-3H3. The van der Waals surface area contributed by atoms with Gasteiger partial charge in [-0.1, -0.05) is 6.07 Å². The van der Waals surface area contributed by atoms with Gasteiger partial charge in [0.25, 0.3) is 0 Å². The number of hydrogen-bond acceptors (Lipinski definition) is 5. The average Bonchev–Trinajstić information content (AvgIpc) is 2.78. The van der Waals surface area contributed by atoms with Gasteiger partial charge in [0, 0.05) is 6.20 Å². The van der Waals surface area contributed by atoms with E-state index in [9.17, 15) is 9.90 Å². The van der Waals surface area contributed by atoms with Gasteiger partial charge in [-0.05, 0) is 31.0 Å². The van der Waals surface area contributed by atoms with Crippen LogP contribution in [0.5, 0.6) is 5.75 Å². The second-order valence-electron chi connectivity index (χ2n) is 4.73. The number of hydrogen-bond donors (Lipinski definition) is 2. The van der Waals surface area contributed by atoms with Crippen LogP contribution in [0.2, 0.25) is 0 Å². The van der Waals surface area contributed by atoms with Gasteiger partial charge in [0.05, 0.1) is 24.0 Å². The van der Waals surface area contributed by atoms with Gasteiger partial charge in [-0.25, -0.2) is 4.79 Å². The molecule has 0 radical (unpaired) electrons. The van der Waals surface area contributed by atoms with Crippen molar-refractivity contribution in [3.8, 4) is 17.5 Å². The summed E-state index contributed by atoms with van der Waals surface area (Å²) in [5.74, 6) is -0.655. The van der Waals surface area contributed by atoms with Crippen LogP contribution < -0.4 is 5.73 Å². The molecule has 2 aromatic rings. The Morgan fingerprint density at radius 2 is 2.10 bits per heavy atom. The maximum atomic E-state index is 11.9. The molecule has 0 saturated carbocycles. The fourth-order valence-corrected chi connectivity index (χ4v) is 2.23.